The van der Waals surface area contributed by atoms with E-state index in [9.17, 15) is 8.42 Å². The SMILES string of the molecule is CCCCCOS(=O)(=O)CCC. The van der Waals surface area contributed by atoms with Crippen LogP contribution in [0.1, 0.15) is 39.5 Å². The van der Waals surface area contributed by atoms with Crippen LogP contribution in [-0.4, -0.2) is 20.8 Å². The minimum atomic E-state index is -3.21. The highest BCUT2D eigenvalue weighted by Crippen LogP contribution is 2.00. The number of hydrogen-bond donors (Lipinski definition) is 0. The molecule has 3 nitrogen and oxygen atoms in total. The molecule has 0 aliphatic carbocycles. The third kappa shape index (κ3) is 6.61. The van der Waals surface area contributed by atoms with E-state index in [4.69, 9.17) is 4.18 Å². The second-order valence-electron chi connectivity index (χ2n) is 2.79. The fourth-order valence-corrected chi connectivity index (χ4v) is 1.84. The van der Waals surface area contributed by atoms with Crippen molar-refractivity contribution in [3.8, 4) is 0 Å². The molecule has 0 saturated carbocycles. The Bertz CT molecular complexity index is 184. The lowest BCUT2D eigenvalue weighted by atomic mass is 10.3. The molecule has 0 radical (unpaired) electrons. The second kappa shape index (κ2) is 6.43. The van der Waals surface area contributed by atoms with Crippen molar-refractivity contribution < 1.29 is 12.6 Å². The van der Waals surface area contributed by atoms with Crippen molar-refractivity contribution in [2.75, 3.05) is 12.4 Å². The van der Waals surface area contributed by atoms with Gasteiger partial charge in [0.2, 0.25) is 0 Å². The molecule has 0 aromatic rings. The van der Waals surface area contributed by atoms with E-state index in [1.54, 1.807) is 0 Å². The molecule has 4 heteroatoms. The molecule has 0 aromatic carbocycles. The summed E-state index contributed by atoms with van der Waals surface area (Å²) < 4.78 is 26.7. The first-order valence-electron chi connectivity index (χ1n) is 4.49. The summed E-state index contributed by atoms with van der Waals surface area (Å²) >= 11 is 0. The fourth-order valence-electron chi connectivity index (χ4n) is 0.847. The quantitative estimate of drug-likeness (QED) is 0.459. The van der Waals surface area contributed by atoms with Crippen molar-refractivity contribution in [1.29, 1.82) is 0 Å². The van der Waals surface area contributed by atoms with Gasteiger partial charge in [0.25, 0.3) is 10.1 Å². The van der Waals surface area contributed by atoms with Gasteiger partial charge in [0.1, 0.15) is 0 Å². The first-order chi connectivity index (χ1) is 5.62. The summed E-state index contributed by atoms with van der Waals surface area (Å²) in [5.74, 6) is 0.138. The Hall–Kier alpha value is -0.0900. The fraction of sp³-hybridized carbons (Fsp3) is 1.00. The molecule has 0 N–H and O–H groups in total. The number of rotatable bonds is 7. The van der Waals surface area contributed by atoms with Crippen molar-refractivity contribution in [3.05, 3.63) is 0 Å². The van der Waals surface area contributed by atoms with E-state index in [1.165, 1.54) is 0 Å². The van der Waals surface area contributed by atoms with E-state index in [2.05, 4.69) is 6.92 Å². The molecular formula is C8H18O3S. The molecule has 0 atom stereocenters. The lowest BCUT2D eigenvalue weighted by molar-refractivity contribution is 0.308. The van der Waals surface area contributed by atoms with Crippen LogP contribution in [0.2, 0.25) is 0 Å². The molecule has 0 heterocycles. The van der Waals surface area contributed by atoms with E-state index in [0.717, 1.165) is 19.3 Å². The minimum Gasteiger partial charge on any atom is -0.270 e. The zero-order valence-corrected chi connectivity index (χ0v) is 8.69. The zero-order valence-electron chi connectivity index (χ0n) is 7.88. The van der Waals surface area contributed by atoms with Crippen LogP contribution in [0.4, 0.5) is 0 Å². The van der Waals surface area contributed by atoms with Gasteiger partial charge in [-0.05, 0) is 12.8 Å². The van der Waals surface area contributed by atoms with Gasteiger partial charge in [0, 0.05) is 0 Å². The Morgan fingerprint density at radius 2 is 1.75 bits per heavy atom. The average Bonchev–Trinajstić information content (AvgIpc) is 1.98. The molecule has 0 spiro atoms. The Balaban J connectivity index is 3.48. The van der Waals surface area contributed by atoms with Gasteiger partial charge in [0.15, 0.2) is 0 Å². The number of unbranched alkanes of at least 4 members (excludes halogenated alkanes) is 2. The van der Waals surface area contributed by atoms with E-state index < -0.39 is 10.1 Å². The summed E-state index contributed by atoms with van der Waals surface area (Å²) in [7, 11) is -3.21. The molecule has 0 aliphatic rings. The molecule has 0 saturated heterocycles. The van der Waals surface area contributed by atoms with Crippen molar-refractivity contribution >= 4 is 10.1 Å². The van der Waals surface area contributed by atoms with Crippen LogP contribution in [0, 0.1) is 0 Å². The maximum atomic E-state index is 11.0. The highest BCUT2D eigenvalue weighted by atomic mass is 32.2. The second-order valence-corrected chi connectivity index (χ2v) is 4.55. The zero-order chi connectivity index (χ0) is 9.45. The summed E-state index contributed by atoms with van der Waals surface area (Å²) in [6, 6.07) is 0. The highest BCUT2D eigenvalue weighted by molar-refractivity contribution is 7.86. The van der Waals surface area contributed by atoms with Crippen LogP contribution >= 0.6 is 0 Å². The van der Waals surface area contributed by atoms with E-state index in [1.807, 2.05) is 6.92 Å². The van der Waals surface area contributed by atoms with Gasteiger partial charge in [0.05, 0.1) is 12.4 Å². The van der Waals surface area contributed by atoms with Gasteiger partial charge in [-0.25, -0.2) is 0 Å². The Morgan fingerprint density at radius 1 is 1.08 bits per heavy atom. The standard InChI is InChI=1S/C8H18O3S/c1-3-5-6-7-11-12(9,10)8-4-2/h3-8H2,1-2H3. The summed E-state index contributed by atoms with van der Waals surface area (Å²) in [4.78, 5) is 0. The van der Waals surface area contributed by atoms with Gasteiger partial charge in [-0.15, -0.1) is 0 Å². The molecule has 12 heavy (non-hydrogen) atoms. The maximum Gasteiger partial charge on any atom is 0.267 e. The van der Waals surface area contributed by atoms with Crippen LogP contribution < -0.4 is 0 Å². The van der Waals surface area contributed by atoms with Gasteiger partial charge < -0.3 is 0 Å². The summed E-state index contributed by atoms with van der Waals surface area (Å²) in [5, 5.41) is 0. The average molecular weight is 194 g/mol. The molecule has 0 bridgehead atoms. The monoisotopic (exact) mass is 194 g/mol. The smallest absolute Gasteiger partial charge is 0.267 e. The highest BCUT2D eigenvalue weighted by Gasteiger charge is 2.07. The van der Waals surface area contributed by atoms with Gasteiger partial charge >= 0.3 is 0 Å². The Labute approximate surface area is 75.2 Å². The summed E-state index contributed by atoms with van der Waals surface area (Å²) in [5.41, 5.74) is 0. The molecule has 0 unspecified atom stereocenters. The summed E-state index contributed by atoms with van der Waals surface area (Å²) in [6.45, 7) is 4.24. The molecule has 0 amide bonds. The maximum absolute atomic E-state index is 11.0. The lowest BCUT2D eigenvalue weighted by Crippen LogP contribution is -2.10. The van der Waals surface area contributed by atoms with Gasteiger partial charge in [-0.1, -0.05) is 26.7 Å². The Morgan fingerprint density at radius 3 is 2.25 bits per heavy atom. The van der Waals surface area contributed by atoms with Crippen molar-refractivity contribution in [1.82, 2.24) is 0 Å². The molecule has 0 aromatic heterocycles. The molecule has 74 valence electrons. The van der Waals surface area contributed by atoms with Crippen LogP contribution in [0.5, 0.6) is 0 Å². The van der Waals surface area contributed by atoms with E-state index >= 15 is 0 Å². The molecule has 0 fully saturated rings. The molecule has 0 rings (SSSR count). The number of hydrogen-bond acceptors (Lipinski definition) is 3. The Kier molecular flexibility index (Phi) is 6.38. The molecular weight excluding hydrogens is 176 g/mol. The van der Waals surface area contributed by atoms with Crippen molar-refractivity contribution in [2.45, 2.75) is 39.5 Å². The lowest BCUT2D eigenvalue weighted by Gasteiger charge is -2.02. The van der Waals surface area contributed by atoms with Crippen LogP contribution in [0.25, 0.3) is 0 Å². The summed E-state index contributed by atoms with van der Waals surface area (Å²) in [6.07, 6.45) is 3.56. The topological polar surface area (TPSA) is 43.4 Å². The third-order valence-electron chi connectivity index (χ3n) is 1.46. The van der Waals surface area contributed by atoms with Crippen molar-refractivity contribution in [2.24, 2.45) is 0 Å². The predicted molar refractivity (Wildman–Crippen MR) is 49.6 cm³/mol. The predicted octanol–water partition coefficient (Wildman–Crippen LogP) is 1.93. The first-order valence-corrected chi connectivity index (χ1v) is 6.07. The van der Waals surface area contributed by atoms with Crippen LogP contribution in [-0.2, 0) is 14.3 Å². The van der Waals surface area contributed by atoms with Gasteiger partial charge in [-0.3, -0.25) is 4.18 Å². The molecule has 0 aliphatic heterocycles. The third-order valence-corrected chi connectivity index (χ3v) is 2.90. The van der Waals surface area contributed by atoms with E-state index in [-0.39, 0.29) is 5.75 Å². The van der Waals surface area contributed by atoms with Crippen LogP contribution in [0.15, 0.2) is 0 Å². The van der Waals surface area contributed by atoms with E-state index in [0.29, 0.717) is 13.0 Å². The van der Waals surface area contributed by atoms with Gasteiger partial charge in [-0.2, -0.15) is 8.42 Å². The normalized spacial score (nSPS) is 11.8. The minimum absolute atomic E-state index is 0.138. The van der Waals surface area contributed by atoms with Crippen molar-refractivity contribution in [3.63, 3.8) is 0 Å². The largest absolute Gasteiger partial charge is 0.270 e. The van der Waals surface area contributed by atoms with Crippen LogP contribution in [0.3, 0.4) is 0 Å². The first kappa shape index (κ1) is 11.9.